The van der Waals surface area contributed by atoms with E-state index in [2.05, 4.69) is 5.32 Å². The Morgan fingerprint density at radius 2 is 2.15 bits per heavy atom. The molecular weight excluding hydrogens is 168 g/mol. The first-order chi connectivity index (χ1) is 5.57. The number of carbonyl (C=O) groups is 2. The quantitative estimate of drug-likeness (QED) is 0.590. The smallest absolute Gasteiger partial charge is 0.235 e. The predicted octanol–water partition coefficient (Wildman–Crippen LogP) is 0.0928. The summed E-state index contributed by atoms with van der Waals surface area (Å²) in [4.78, 5) is 24.2. The van der Waals surface area contributed by atoms with Crippen molar-refractivity contribution in [1.82, 2.24) is 10.2 Å². The maximum Gasteiger partial charge on any atom is 0.235 e. The van der Waals surface area contributed by atoms with Crippen molar-refractivity contribution < 1.29 is 9.59 Å². The third-order valence-corrected chi connectivity index (χ3v) is 2.30. The maximum absolute atomic E-state index is 11.4. The summed E-state index contributed by atoms with van der Waals surface area (Å²) in [6, 6.07) is 0. The topological polar surface area (TPSA) is 49.4 Å². The van der Waals surface area contributed by atoms with Crippen molar-refractivity contribution in [2.45, 2.75) is 14.4 Å². The molecule has 1 aliphatic heterocycles. The molecule has 4 nitrogen and oxygen atoms in total. The lowest BCUT2D eigenvalue weighted by atomic mass is 9.97. The molecular formula is C9H18N2O2. The van der Waals surface area contributed by atoms with Crippen LogP contribution in [0.5, 0.6) is 0 Å². The molecule has 1 aliphatic rings. The van der Waals surface area contributed by atoms with Gasteiger partial charge in [-0.1, -0.05) is 14.4 Å². The number of nitrogens with zero attached hydrogens (tertiary/aromatic N) is 1. The van der Waals surface area contributed by atoms with Crippen molar-refractivity contribution in [2.24, 2.45) is 11.8 Å². The Morgan fingerprint density at radius 1 is 1.62 bits per heavy atom. The van der Waals surface area contributed by atoms with Gasteiger partial charge in [-0.3, -0.25) is 9.59 Å². The molecule has 0 radical (unpaired) electrons. The normalized spacial score (nSPS) is 27.0. The van der Waals surface area contributed by atoms with E-state index in [1.807, 2.05) is 6.92 Å². The van der Waals surface area contributed by atoms with Gasteiger partial charge in [-0.25, -0.2) is 0 Å². The number of rotatable bonds is 1. The molecule has 1 N–H and O–H groups in total. The highest BCUT2D eigenvalue weighted by Gasteiger charge is 2.40. The first-order valence-corrected chi connectivity index (χ1v) is 4.04. The number of hydrogen-bond donors (Lipinski definition) is 1. The molecule has 1 fully saturated rings. The summed E-state index contributed by atoms with van der Waals surface area (Å²) in [6.07, 6.45) is 0. The van der Waals surface area contributed by atoms with Gasteiger partial charge in [0.25, 0.3) is 0 Å². The second-order valence-electron chi connectivity index (χ2n) is 3.29. The predicted molar refractivity (Wildman–Crippen MR) is 51.1 cm³/mol. The standard InChI is InChI=1S/C8H14N2O2.CH4/c1-5-4-10(3)8(12)6(5)7(11)9-2;/h5-6H,4H2,1-3H3,(H,9,11);1H4. The highest BCUT2D eigenvalue weighted by molar-refractivity contribution is 6.01. The maximum atomic E-state index is 11.4. The molecule has 1 saturated heterocycles. The van der Waals surface area contributed by atoms with Crippen LogP contribution in [0, 0.1) is 11.8 Å². The van der Waals surface area contributed by atoms with Crippen molar-refractivity contribution in [2.75, 3.05) is 20.6 Å². The number of amides is 2. The molecule has 0 aromatic carbocycles. The molecule has 1 rings (SSSR count). The van der Waals surface area contributed by atoms with Crippen molar-refractivity contribution in [3.05, 3.63) is 0 Å². The monoisotopic (exact) mass is 186 g/mol. The molecule has 2 amide bonds. The fraction of sp³-hybridized carbons (Fsp3) is 0.778. The Balaban J connectivity index is 0.00000144. The van der Waals surface area contributed by atoms with Gasteiger partial charge in [-0.2, -0.15) is 0 Å². The summed E-state index contributed by atoms with van der Waals surface area (Å²) in [7, 11) is 3.28. The van der Waals surface area contributed by atoms with E-state index in [4.69, 9.17) is 0 Å². The molecule has 0 aromatic heterocycles. The van der Waals surface area contributed by atoms with E-state index >= 15 is 0 Å². The van der Waals surface area contributed by atoms with E-state index in [-0.39, 0.29) is 25.2 Å². The Morgan fingerprint density at radius 3 is 2.46 bits per heavy atom. The molecule has 4 heteroatoms. The van der Waals surface area contributed by atoms with Gasteiger partial charge in [0.05, 0.1) is 0 Å². The van der Waals surface area contributed by atoms with Gasteiger partial charge in [0.2, 0.25) is 11.8 Å². The molecule has 0 aliphatic carbocycles. The SMILES string of the molecule is C.CNC(=O)C1C(=O)N(C)CC1C. The molecule has 0 aromatic rings. The third kappa shape index (κ3) is 1.99. The average molecular weight is 186 g/mol. The van der Waals surface area contributed by atoms with Gasteiger partial charge < -0.3 is 10.2 Å². The van der Waals surface area contributed by atoms with Crippen molar-refractivity contribution in [1.29, 1.82) is 0 Å². The molecule has 0 saturated carbocycles. The summed E-state index contributed by atoms with van der Waals surface area (Å²) in [5.41, 5.74) is 0. The van der Waals surface area contributed by atoms with Crippen LogP contribution >= 0.6 is 0 Å². The lowest BCUT2D eigenvalue weighted by Gasteiger charge is -2.09. The van der Waals surface area contributed by atoms with Crippen molar-refractivity contribution >= 4 is 11.8 Å². The van der Waals surface area contributed by atoms with Crippen LogP contribution in [0.4, 0.5) is 0 Å². The summed E-state index contributed by atoms with van der Waals surface area (Å²) < 4.78 is 0. The van der Waals surface area contributed by atoms with Crippen molar-refractivity contribution in [3.63, 3.8) is 0 Å². The largest absolute Gasteiger partial charge is 0.358 e. The minimum atomic E-state index is -0.472. The number of carbonyl (C=O) groups excluding carboxylic acids is 2. The van der Waals surface area contributed by atoms with Gasteiger partial charge >= 0.3 is 0 Å². The highest BCUT2D eigenvalue weighted by Crippen LogP contribution is 2.22. The third-order valence-electron chi connectivity index (χ3n) is 2.30. The van der Waals surface area contributed by atoms with Crippen LogP contribution in [-0.2, 0) is 9.59 Å². The van der Waals surface area contributed by atoms with Crippen LogP contribution in [0.2, 0.25) is 0 Å². The second-order valence-corrected chi connectivity index (χ2v) is 3.29. The van der Waals surface area contributed by atoms with Gasteiger partial charge in [0, 0.05) is 20.6 Å². The van der Waals surface area contributed by atoms with E-state index in [1.165, 1.54) is 0 Å². The number of hydrogen-bond acceptors (Lipinski definition) is 2. The zero-order valence-corrected chi connectivity index (χ0v) is 7.63. The Hall–Kier alpha value is -1.06. The summed E-state index contributed by atoms with van der Waals surface area (Å²) >= 11 is 0. The lowest BCUT2D eigenvalue weighted by molar-refractivity contribution is -0.137. The van der Waals surface area contributed by atoms with E-state index in [1.54, 1.807) is 19.0 Å². The van der Waals surface area contributed by atoms with Gasteiger partial charge in [-0.05, 0) is 5.92 Å². The van der Waals surface area contributed by atoms with Crippen LogP contribution in [0.3, 0.4) is 0 Å². The van der Waals surface area contributed by atoms with E-state index in [0.29, 0.717) is 6.54 Å². The Labute approximate surface area is 79.3 Å². The van der Waals surface area contributed by atoms with Gasteiger partial charge in [0.1, 0.15) is 5.92 Å². The van der Waals surface area contributed by atoms with Crippen LogP contribution in [0.1, 0.15) is 14.4 Å². The Kier molecular flexibility index (Phi) is 3.91. The van der Waals surface area contributed by atoms with Crippen LogP contribution < -0.4 is 5.32 Å². The number of nitrogens with one attached hydrogen (secondary N) is 1. The van der Waals surface area contributed by atoms with E-state index < -0.39 is 5.92 Å². The average Bonchev–Trinajstić information content (AvgIpc) is 2.26. The molecule has 76 valence electrons. The van der Waals surface area contributed by atoms with Crippen LogP contribution in [-0.4, -0.2) is 37.4 Å². The molecule has 0 bridgehead atoms. The molecule has 13 heavy (non-hydrogen) atoms. The van der Waals surface area contributed by atoms with Crippen LogP contribution in [0.15, 0.2) is 0 Å². The molecule has 2 unspecified atom stereocenters. The second kappa shape index (κ2) is 4.25. The lowest BCUT2D eigenvalue weighted by Crippen LogP contribution is -2.35. The van der Waals surface area contributed by atoms with Gasteiger partial charge in [0.15, 0.2) is 0 Å². The van der Waals surface area contributed by atoms with E-state index in [9.17, 15) is 9.59 Å². The minimum Gasteiger partial charge on any atom is -0.358 e. The molecule has 1 heterocycles. The highest BCUT2D eigenvalue weighted by atomic mass is 16.2. The van der Waals surface area contributed by atoms with Gasteiger partial charge in [-0.15, -0.1) is 0 Å². The van der Waals surface area contributed by atoms with Crippen LogP contribution in [0.25, 0.3) is 0 Å². The minimum absolute atomic E-state index is 0. The summed E-state index contributed by atoms with van der Waals surface area (Å²) in [5, 5.41) is 2.50. The van der Waals surface area contributed by atoms with E-state index in [0.717, 1.165) is 0 Å². The number of likely N-dealkylation sites (tertiary alicyclic amines) is 1. The fourth-order valence-corrected chi connectivity index (χ4v) is 1.63. The molecule has 2 atom stereocenters. The Bertz CT molecular complexity index is 216. The first kappa shape index (κ1) is 11.9. The summed E-state index contributed by atoms with van der Waals surface area (Å²) in [6.45, 7) is 2.60. The zero-order chi connectivity index (χ0) is 9.30. The molecule has 0 spiro atoms. The summed E-state index contributed by atoms with van der Waals surface area (Å²) in [5.74, 6) is -0.582. The van der Waals surface area contributed by atoms with Crippen molar-refractivity contribution in [3.8, 4) is 0 Å². The fourth-order valence-electron chi connectivity index (χ4n) is 1.63. The first-order valence-electron chi connectivity index (χ1n) is 4.04. The zero-order valence-electron chi connectivity index (χ0n) is 7.63.